The topological polar surface area (TPSA) is 75.0 Å². The monoisotopic (exact) mass is 360 g/mol. The van der Waals surface area contributed by atoms with E-state index in [1.165, 1.54) is 6.33 Å². The molecule has 1 heterocycles. The summed E-state index contributed by atoms with van der Waals surface area (Å²) in [5.74, 6) is 0.737. The second-order valence-corrected chi connectivity index (χ2v) is 15.2. The van der Waals surface area contributed by atoms with Crippen LogP contribution >= 0.6 is 0 Å². The standard InChI is InChI=1S/C15H32N4O2SSi/c1-14(2,3)22(20)18-12(13-16-11-17-19(13)7)10-21-23(8,9)15(4,5)6/h11-12,18H,10H2,1-9H3/t12-,22+/m0/s1. The van der Waals surface area contributed by atoms with E-state index in [0.717, 1.165) is 5.82 Å². The van der Waals surface area contributed by atoms with Crippen molar-refractivity contribution in [2.75, 3.05) is 6.61 Å². The highest BCUT2D eigenvalue weighted by Gasteiger charge is 2.39. The van der Waals surface area contributed by atoms with Gasteiger partial charge in [-0.2, -0.15) is 5.10 Å². The van der Waals surface area contributed by atoms with Crippen molar-refractivity contribution >= 4 is 19.7 Å². The molecule has 0 aliphatic heterocycles. The van der Waals surface area contributed by atoms with Crippen molar-refractivity contribution in [2.24, 2.45) is 7.05 Å². The number of nitrogens with one attached hydrogen (secondary N) is 1. The Kier molecular flexibility index (Phi) is 6.48. The van der Waals surface area contributed by atoms with Gasteiger partial charge in [0, 0.05) is 18.4 Å². The van der Waals surface area contributed by atoms with Crippen LogP contribution in [0.1, 0.15) is 53.4 Å². The van der Waals surface area contributed by atoms with Crippen LogP contribution in [0, 0.1) is 0 Å². The summed E-state index contributed by atoms with van der Waals surface area (Å²) in [4.78, 5) is 4.30. The summed E-state index contributed by atoms with van der Waals surface area (Å²) in [6.07, 6.45) is 1.51. The van der Waals surface area contributed by atoms with Crippen molar-refractivity contribution in [3.63, 3.8) is 0 Å². The van der Waals surface area contributed by atoms with Crippen molar-refractivity contribution < 1.29 is 8.98 Å². The quantitative estimate of drug-likeness (QED) is 0.623. The molecule has 0 spiro atoms. The van der Waals surface area contributed by atoms with Gasteiger partial charge in [0.2, 0.25) is 0 Å². The molecular weight excluding hydrogens is 328 g/mol. The zero-order valence-electron chi connectivity index (χ0n) is 15.9. The molecule has 0 aliphatic rings. The molecule has 2 atom stereocenters. The van der Waals surface area contributed by atoms with Gasteiger partial charge in [-0.1, -0.05) is 20.8 Å². The van der Waals surface area contributed by atoms with Gasteiger partial charge in [-0.15, -0.1) is 4.72 Å². The maximum absolute atomic E-state index is 12.5. The van der Waals surface area contributed by atoms with E-state index in [2.05, 4.69) is 48.7 Å². The third-order valence-corrected chi connectivity index (χ3v) is 10.4. The molecule has 0 amide bonds. The first-order chi connectivity index (χ1) is 10.3. The third kappa shape index (κ3) is 5.56. The minimum Gasteiger partial charge on any atom is -0.598 e. The Bertz CT molecular complexity index is 508. The van der Waals surface area contributed by atoms with E-state index in [4.69, 9.17) is 4.43 Å². The Hall–Kier alpha value is -0.413. The first-order valence-corrected chi connectivity index (χ1v) is 12.0. The van der Waals surface area contributed by atoms with Crippen LogP contribution in [0.3, 0.4) is 0 Å². The minimum atomic E-state index is -1.89. The molecule has 8 heteroatoms. The molecule has 134 valence electrons. The van der Waals surface area contributed by atoms with E-state index in [-0.39, 0.29) is 15.8 Å². The molecule has 0 saturated heterocycles. The zero-order valence-corrected chi connectivity index (χ0v) is 17.7. The van der Waals surface area contributed by atoms with Crippen LogP contribution in [0.15, 0.2) is 6.33 Å². The first kappa shape index (κ1) is 20.6. The molecule has 0 unspecified atom stereocenters. The summed E-state index contributed by atoms with van der Waals surface area (Å²) < 4.78 is 23.3. The smallest absolute Gasteiger partial charge is 0.192 e. The Morgan fingerprint density at radius 1 is 1.30 bits per heavy atom. The largest absolute Gasteiger partial charge is 0.598 e. The molecule has 0 aromatic carbocycles. The molecule has 0 aliphatic carbocycles. The minimum absolute atomic E-state index is 0.126. The normalized spacial score (nSPS) is 16.4. The van der Waals surface area contributed by atoms with Gasteiger partial charge in [0.25, 0.3) is 0 Å². The lowest BCUT2D eigenvalue weighted by atomic mass is 10.2. The molecular formula is C15H32N4O2SSi. The first-order valence-electron chi connectivity index (χ1n) is 7.91. The highest BCUT2D eigenvalue weighted by Crippen LogP contribution is 2.37. The third-order valence-electron chi connectivity index (χ3n) is 4.28. The molecule has 1 aromatic heterocycles. The predicted octanol–water partition coefficient (Wildman–Crippen LogP) is 2.93. The summed E-state index contributed by atoms with van der Waals surface area (Å²) in [5, 5.41) is 4.25. The number of nitrogens with zero attached hydrogens (tertiary/aromatic N) is 3. The maximum atomic E-state index is 12.5. The molecule has 23 heavy (non-hydrogen) atoms. The van der Waals surface area contributed by atoms with Crippen LogP contribution in [0.25, 0.3) is 0 Å². The van der Waals surface area contributed by atoms with Crippen LogP contribution in [-0.4, -0.2) is 39.0 Å². The van der Waals surface area contributed by atoms with Crippen molar-refractivity contribution in [3.8, 4) is 0 Å². The summed E-state index contributed by atoms with van der Waals surface area (Å²) in [7, 11) is -0.0542. The predicted molar refractivity (Wildman–Crippen MR) is 97.9 cm³/mol. The van der Waals surface area contributed by atoms with Crippen LogP contribution in [0.4, 0.5) is 0 Å². The number of aromatic nitrogens is 3. The Labute approximate surface area is 144 Å². The fourth-order valence-electron chi connectivity index (χ4n) is 1.60. The summed E-state index contributed by atoms with van der Waals surface area (Å²) in [5.41, 5.74) is 0. The van der Waals surface area contributed by atoms with E-state index in [0.29, 0.717) is 6.61 Å². The number of rotatable bonds is 6. The van der Waals surface area contributed by atoms with E-state index in [9.17, 15) is 4.55 Å². The van der Waals surface area contributed by atoms with E-state index >= 15 is 0 Å². The summed E-state index contributed by atoms with van der Waals surface area (Å²) in [6, 6.07) is -0.253. The Balaban J connectivity index is 2.92. The van der Waals surface area contributed by atoms with Gasteiger partial charge in [0.15, 0.2) is 14.1 Å². The summed E-state index contributed by atoms with van der Waals surface area (Å²) in [6.45, 7) is 17.3. The van der Waals surface area contributed by atoms with Crippen LogP contribution < -0.4 is 4.72 Å². The van der Waals surface area contributed by atoms with Gasteiger partial charge in [-0.3, -0.25) is 4.68 Å². The molecule has 1 N–H and O–H groups in total. The number of aryl methyl sites for hydroxylation is 1. The second kappa shape index (κ2) is 7.22. The van der Waals surface area contributed by atoms with Crippen molar-refractivity contribution in [2.45, 2.75) is 70.5 Å². The highest BCUT2D eigenvalue weighted by molar-refractivity contribution is 7.90. The lowest BCUT2D eigenvalue weighted by Crippen LogP contribution is -2.46. The van der Waals surface area contributed by atoms with Gasteiger partial charge in [-0.25, -0.2) is 4.98 Å². The average Bonchev–Trinajstić information content (AvgIpc) is 2.77. The Morgan fingerprint density at radius 3 is 2.26 bits per heavy atom. The van der Waals surface area contributed by atoms with Crippen LogP contribution in [0.5, 0.6) is 0 Å². The SMILES string of the molecule is Cn1ncnc1[C@H](CO[Si](C)(C)C(C)(C)C)N[S@+]([O-])C(C)(C)C. The van der Waals surface area contributed by atoms with Gasteiger partial charge >= 0.3 is 0 Å². The number of hydrogen-bond donors (Lipinski definition) is 1. The lowest BCUT2D eigenvalue weighted by Gasteiger charge is -2.37. The van der Waals surface area contributed by atoms with Gasteiger partial charge < -0.3 is 8.98 Å². The van der Waals surface area contributed by atoms with Crippen LogP contribution in [0.2, 0.25) is 18.1 Å². The van der Waals surface area contributed by atoms with E-state index in [1.54, 1.807) is 4.68 Å². The maximum Gasteiger partial charge on any atom is 0.192 e. The van der Waals surface area contributed by atoms with Crippen molar-refractivity contribution in [1.29, 1.82) is 0 Å². The molecule has 6 nitrogen and oxygen atoms in total. The highest BCUT2D eigenvalue weighted by atomic mass is 32.2. The van der Waals surface area contributed by atoms with Crippen LogP contribution in [-0.2, 0) is 22.8 Å². The summed E-state index contributed by atoms with van der Waals surface area (Å²) >= 11 is -1.21. The molecule has 0 radical (unpaired) electrons. The van der Waals surface area contributed by atoms with Gasteiger partial charge in [0.05, 0.1) is 6.61 Å². The molecule has 0 fully saturated rings. The van der Waals surface area contributed by atoms with Crippen molar-refractivity contribution in [3.05, 3.63) is 12.2 Å². The second-order valence-electron chi connectivity index (χ2n) is 8.36. The Morgan fingerprint density at radius 2 is 1.87 bits per heavy atom. The molecule has 1 aromatic rings. The molecule has 0 bridgehead atoms. The molecule has 1 rings (SSSR count). The molecule has 0 saturated carbocycles. The van der Waals surface area contributed by atoms with Gasteiger partial charge in [-0.05, 0) is 38.9 Å². The lowest BCUT2D eigenvalue weighted by molar-refractivity contribution is 0.249. The average molecular weight is 361 g/mol. The fraction of sp³-hybridized carbons (Fsp3) is 0.867. The number of hydrogen-bond acceptors (Lipinski definition) is 5. The van der Waals surface area contributed by atoms with E-state index in [1.807, 2.05) is 27.8 Å². The van der Waals surface area contributed by atoms with Crippen molar-refractivity contribution in [1.82, 2.24) is 19.5 Å². The van der Waals surface area contributed by atoms with E-state index < -0.39 is 19.7 Å². The zero-order chi connectivity index (χ0) is 18.1. The fourth-order valence-corrected chi connectivity index (χ4v) is 3.40. The van der Waals surface area contributed by atoms with Gasteiger partial charge in [0.1, 0.15) is 17.1 Å².